The minimum atomic E-state index is -1.73. The van der Waals surface area contributed by atoms with Gasteiger partial charge in [0.1, 0.15) is 0 Å². The van der Waals surface area contributed by atoms with Crippen LogP contribution in [-0.4, -0.2) is 13.1 Å². The first-order chi connectivity index (χ1) is 7.74. The summed E-state index contributed by atoms with van der Waals surface area (Å²) >= 11 is 0. The van der Waals surface area contributed by atoms with E-state index in [0.717, 1.165) is 10.8 Å². The fourth-order valence-corrected chi connectivity index (χ4v) is 1.70. The lowest BCUT2D eigenvalue weighted by atomic mass is 10.0. The predicted molar refractivity (Wildman–Crippen MR) is 59.8 cm³/mol. The van der Waals surface area contributed by atoms with Crippen LogP contribution in [-0.2, 0) is 9.53 Å². The van der Waals surface area contributed by atoms with Gasteiger partial charge >= 0.3 is 5.97 Å². The fraction of sp³-hybridized carbons (Fsp3) is 0.154. The summed E-state index contributed by atoms with van der Waals surface area (Å²) in [5.41, 5.74) is 0.352. The third kappa shape index (κ3) is 1.76. The van der Waals surface area contributed by atoms with E-state index in [2.05, 4.69) is 4.74 Å². The van der Waals surface area contributed by atoms with Crippen molar-refractivity contribution in [2.75, 3.05) is 7.11 Å². The maximum atomic E-state index is 13.8. The fourth-order valence-electron chi connectivity index (χ4n) is 1.70. The molecule has 0 radical (unpaired) electrons. The van der Waals surface area contributed by atoms with Gasteiger partial charge < -0.3 is 4.74 Å². The summed E-state index contributed by atoms with van der Waals surface area (Å²) in [6.45, 7) is 0. The molecule has 2 aromatic carbocycles. The normalized spacial score (nSPS) is 12.4. The van der Waals surface area contributed by atoms with Gasteiger partial charge in [-0.1, -0.05) is 42.5 Å². The molecule has 0 saturated heterocycles. The number of carbonyl (C=O) groups is 1. The van der Waals surface area contributed by atoms with E-state index in [9.17, 15) is 9.18 Å². The van der Waals surface area contributed by atoms with Crippen LogP contribution in [0, 0.1) is 0 Å². The monoisotopic (exact) mass is 218 g/mol. The van der Waals surface area contributed by atoms with E-state index < -0.39 is 12.1 Å². The number of esters is 1. The van der Waals surface area contributed by atoms with E-state index >= 15 is 0 Å². The van der Waals surface area contributed by atoms with Gasteiger partial charge in [-0.15, -0.1) is 0 Å². The van der Waals surface area contributed by atoms with Crippen molar-refractivity contribution in [3.05, 3.63) is 48.0 Å². The lowest BCUT2D eigenvalue weighted by molar-refractivity contribution is -0.146. The molecule has 1 atom stereocenters. The van der Waals surface area contributed by atoms with Crippen molar-refractivity contribution < 1.29 is 13.9 Å². The molecule has 2 nitrogen and oxygen atoms in total. The molecule has 2 aromatic rings. The van der Waals surface area contributed by atoms with E-state index in [1.807, 2.05) is 24.3 Å². The Hall–Kier alpha value is -1.90. The summed E-state index contributed by atoms with van der Waals surface area (Å²) in [4.78, 5) is 11.2. The molecular formula is C13H11FO2. The minimum Gasteiger partial charge on any atom is -0.467 e. The van der Waals surface area contributed by atoms with E-state index in [1.54, 1.807) is 18.2 Å². The van der Waals surface area contributed by atoms with Crippen LogP contribution in [0.4, 0.5) is 4.39 Å². The lowest BCUT2D eigenvalue weighted by Crippen LogP contribution is -2.09. The SMILES string of the molecule is COC(=O)C(F)c1cccc2ccccc12. The molecule has 0 aliphatic carbocycles. The summed E-state index contributed by atoms with van der Waals surface area (Å²) in [6.07, 6.45) is -1.73. The third-order valence-corrected chi connectivity index (χ3v) is 2.50. The van der Waals surface area contributed by atoms with Gasteiger partial charge in [-0.3, -0.25) is 0 Å². The Morgan fingerprint density at radius 3 is 2.62 bits per heavy atom. The second-order valence-electron chi connectivity index (χ2n) is 3.45. The number of ether oxygens (including phenoxy) is 1. The molecule has 3 heteroatoms. The van der Waals surface area contributed by atoms with Gasteiger partial charge in [-0.05, 0) is 10.8 Å². The van der Waals surface area contributed by atoms with Crippen LogP contribution < -0.4 is 0 Å². The van der Waals surface area contributed by atoms with Crippen LogP contribution in [0.3, 0.4) is 0 Å². The van der Waals surface area contributed by atoms with Crippen molar-refractivity contribution in [2.24, 2.45) is 0 Å². The Bertz CT molecular complexity index is 517. The average Bonchev–Trinajstić information content (AvgIpc) is 2.36. The molecule has 0 aliphatic heterocycles. The van der Waals surface area contributed by atoms with Crippen LogP contribution >= 0.6 is 0 Å². The number of methoxy groups -OCH3 is 1. The predicted octanol–water partition coefficient (Wildman–Crippen LogP) is 3.02. The lowest BCUT2D eigenvalue weighted by Gasteiger charge is -2.09. The molecule has 0 bridgehead atoms. The standard InChI is InChI=1S/C13H11FO2/c1-16-13(15)12(14)11-8-4-6-9-5-2-3-7-10(9)11/h2-8,12H,1H3. The molecule has 0 amide bonds. The van der Waals surface area contributed by atoms with Crippen LogP contribution in [0.15, 0.2) is 42.5 Å². The van der Waals surface area contributed by atoms with Crippen molar-refractivity contribution in [3.63, 3.8) is 0 Å². The van der Waals surface area contributed by atoms with E-state index in [0.29, 0.717) is 5.56 Å². The number of fused-ring (bicyclic) bond motifs is 1. The Morgan fingerprint density at radius 2 is 1.88 bits per heavy atom. The van der Waals surface area contributed by atoms with E-state index in [4.69, 9.17) is 0 Å². The Morgan fingerprint density at radius 1 is 1.19 bits per heavy atom. The number of rotatable bonds is 2. The first kappa shape index (κ1) is 10.6. The summed E-state index contributed by atoms with van der Waals surface area (Å²) in [5, 5.41) is 1.65. The second kappa shape index (κ2) is 4.31. The number of hydrogen-bond donors (Lipinski definition) is 0. The molecule has 0 aromatic heterocycles. The van der Waals surface area contributed by atoms with E-state index in [-0.39, 0.29) is 0 Å². The molecule has 0 aliphatic rings. The van der Waals surface area contributed by atoms with Gasteiger partial charge in [0.25, 0.3) is 0 Å². The highest BCUT2D eigenvalue weighted by Gasteiger charge is 2.21. The second-order valence-corrected chi connectivity index (χ2v) is 3.45. The van der Waals surface area contributed by atoms with Gasteiger partial charge in [0.05, 0.1) is 7.11 Å². The zero-order valence-electron chi connectivity index (χ0n) is 8.81. The minimum absolute atomic E-state index is 0.352. The Balaban J connectivity index is 2.56. The summed E-state index contributed by atoms with van der Waals surface area (Å²) in [6, 6.07) is 12.6. The molecule has 82 valence electrons. The third-order valence-electron chi connectivity index (χ3n) is 2.50. The largest absolute Gasteiger partial charge is 0.467 e. The van der Waals surface area contributed by atoms with Gasteiger partial charge in [0, 0.05) is 5.56 Å². The quantitative estimate of drug-likeness (QED) is 0.724. The molecule has 1 unspecified atom stereocenters. The van der Waals surface area contributed by atoms with Crippen molar-refractivity contribution in [1.82, 2.24) is 0 Å². The number of benzene rings is 2. The van der Waals surface area contributed by atoms with Crippen LogP contribution in [0.5, 0.6) is 0 Å². The first-order valence-corrected chi connectivity index (χ1v) is 4.93. The van der Waals surface area contributed by atoms with Crippen molar-refractivity contribution in [1.29, 1.82) is 0 Å². The average molecular weight is 218 g/mol. The van der Waals surface area contributed by atoms with Crippen molar-refractivity contribution in [3.8, 4) is 0 Å². The first-order valence-electron chi connectivity index (χ1n) is 4.93. The van der Waals surface area contributed by atoms with Gasteiger partial charge in [0.2, 0.25) is 6.17 Å². The molecular weight excluding hydrogens is 207 g/mol. The Kier molecular flexibility index (Phi) is 2.86. The maximum absolute atomic E-state index is 13.8. The number of carbonyl (C=O) groups excluding carboxylic acids is 1. The molecule has 0 fully saturated rings. The summed E-state index contributed by atoms with van der Waals surface area (Å²) in [7, 11) is 1.18. The highest BCUT2D eigenvalue weighted by Crippen LogP contribution is 2.27. The van der Waals surface area contributed by atoms with Gasteiger partial charge in [-0.2, -0.15) is 0 Å². The maximum Gasteiger partial charge on any atom is 0.345 e. The molecule has 0 N–H and O–H groups in total. The van der Waals surface area contributed by atoms with Crippen LogP contribution in [0.25, 0.3) is 10.8 Å². The molecule has 0 heterocycles. The topological polar surface area (TPSA) is 26.3 Å². The zero-order chi connectivity index (χ0) is 11.5. The number of hydrogen-bond acceptors (Lipinski definition) is 2. The number of halogens is 1. The number of alkyl halides is 1. The van der Waals surface area contributed by atoms with Crippen LogP contribution in [0.2, 0.25) is 0 Å². The molecule has 0 spiro atoms. The van der Waals surface area contributed by atoms with Gasteiger partial charge in [-0.25, -0.2) is 9.18 Å². The summed E-state index contributed by atoms with van der Waals surface area (Å²) in [5.74, 6) is -0.864. The van der Waals surface area contributed by atoms with Crippen molar-refractivity contribution >= 4 is 16.7 Å². The highest BCUT2D eigenvalue weighted by atomic mass is 19.1. The Labute approximate surface area is 92.6 Å². The molecule has 16 heavy (non-hydrogen) atoms. The highest BCUT2D eigenvalue weighted by molar-refractivity contribution is 5.90. The van der Waals surface area contributed by atoms with Crippen LogP contribution in [0.1, 0.15) is 11.7 Å². The smallest absolute Gasteiger partial charge is 0.345 e. The van der Waals surface area contributed by atoms with E-state index in [1.165, 1.54) is 7.11 Å². The molecule has 0 saturated carbocycles. The summed E-state index contributed by atoms with van der Waals surface area (Å²) < 4.78 is 18.2. The van der Waals surface area contributed by atoms with Crippen molar-refractivity contribution in [2.45, 2.75) is 6.17 Å². The molecule has 2 rings (SSSR count). The zero-order valence-corrected chi connectivity index (χ0v) is 8.81. The van der Waals surface area contributed by atoms with Gasteiger partial charge in [0.15, 0.2) is 0 Å².